The Hall–Kier alpha value is -2.88. The number of amides is 1. The summed E-state index contributed by atoms with van der Waals surface area (Å²) in [6.45, 7) is 5.79. The highest BCUT2D eigenvalue weighted by Crippen LogP contribution is 2.27. The largest absolute Gasteiger partial charge is 0.573 e. The second kappa shape index (κ2) is 9.29. The number of ether oxygens (including phenoxy) is 1. The number of likely N-dealkylation sites (N-methyl/N-ethyl adjacent to an activating group) is 2. The first-order valence-corrected chi connectivity index (χ1v) is 9.33. The molecule has 0 bridgehead atoms. The molecule has 1 N–H and O–H groups in total. The number of carbonyl (C=O) groups excluding carboxylic acids is 1. The van der Waals surface area contributed by atoms with Gasteiger partial charge in [0.25, 0.3) is 5.91 Å². The number of anilines is 1. The van der Waals surface area contributed by atoms with Crippen molar-refractivity contribution >= 4 is 11.9 Å². The Balaban J connectivity index is 2.12. The van der Waals surface area contributed by atoms with Gasteiger partial charge in [0.05, 0.1) is 11.3 Å². The van der Waals surface area contributed by atoms with E-state index in [0.717, 1.165) is 6.07 Å². The summed E-state index contributed by atoms with van der Waals surface area (Å²) < 4.78 is 41.9. The Morgan fingerprint density at radius 3 is 2.43 bits per heavy atom. The number of aliphatic hydroxyl groups is 1. The van der Waals surface area contributed by atoms with Crippen LogP contribution in [-0.2, 0) is 5.60 Å². The van der Waals surface area contributed by atoms with Crippen LogP contribution < -0.4 is 9.64 Å². The van der Waals surface area contributed by atoms with Crippen molar-refractivity contribution in [3.63, 3.8) is 0 Å². The van der Waals surface area contributed by atoms with Gasteiger partial charge in [-0.15, -0.1) is 13.2 Å². The molecule has 2 aromatic rings. The summed E-state index contributed by atoms with van der Waals surface area (Å²) in [6, 6.07) is 6.86. The third kappa shape index (κ3) is 6.31. The van der Waals surface area contributed by atoms with Crippen LogP contribution in [0.15, 0.2) is 36.5 Å². The van der Waals surface area contributed by atoms with Gasteiger partial charge in [0.2, 0.25) is 5.95 Å². The van der Waals surface area contributed by atoms with E-state index in [1.54, 1.807) is 38.8 Å². The van der Waals surface area contributed by atoms with Gasteiger partial charge in [0.1, 0.15) is 11.4 Å². The summed E-state index contributed by atoms with van der Waals surface area (Å²) in [7, 11) is 1.72. The van der Waals surface area contributed by atoms with Gasteiger partial charge in [-0.05, 0) is 39.0 Å². The summed E-state index contributed by atoms with van der Waals surface area (Å²) in [4.78, 5) is 24.4. The molecule has 0 saturated heterocycles. The molecule has 0 saturated carbocycles. The van der Waals surface area contributed by atoms with Crippen LogP contribution in [0.3, 0.4) is 0 Å². The molecule has 0 fully saturated rings. The second-order valence-corrected chi connectivity index (χ2v) is 7.15. The molecular formula is C20H25F3N4O3. The maximum absolute atomic E-state index is 12.8. The molecule has 1 aromatic carbocycles. The van der Waals surface area contributed by atoms with Gasteiger partial charge < -0.3 is 19.6 Å². The third-order valence-electron chi connectivity index (χ3n) is 4.33. The smallest absolute Gasteiger partial charge is 0.405 e. The number of hydrogen-bond acceptors (Lipinski definition) is 6. The van der Waals surface area contributed by atoms with Gasteiger partial charge >= 0.3 is 6.36 Å². The van der Waals surface area contributed by atoms with Crippen LogP contribution in [0.4, 0.5) is 19.1 Å². The highest BCUT2D eigenvalue weighted by molar-refractivity contribution is 5.97. The SMILES string of the molecule is CCN(CCN(C)c1nccc(C(C)(C)O)n1)C(=O)c1ccccc1OC(F)(F)F. The molecule has 164 valence electrons. The molecule has 0 unspecified atom stereocenters. The van der Waals surface area contributed by atoms with Crippen molar-refractivity contribution in [1.29, 1.82) is 0 Å². The summed E-state index contributed by atoms with van der Waals surface area (Å²) in [6.07, 6.45) is -3.36. The van der Waals surface area contributed by atoms with Gasteiger partial charge in [-0.3, -0.25) is 4.79 Å². The van der Waals surface area contributed by atoms with Crippen molar-refractivity contribution in [1.82, 2.24) is 14.9 Å². The molecule has 1 aromatic heterocycles. The van der Waals surface area contributed by atoms with E-state index in [1.807, 2.05) is 0 Å². The van der Waals surface area contributed by atoms with Crippen LogP contribution in [0.2, 0.25) is 0 Å². The van der Waals surface area contributed by atoms with Crippen LogP contribution in [0.1, 0.15) is 36.8 Å². The minimum absolute atomic E-state index is 0.167. The predicted molar refractivity (Wildman–Crippen MR) is 105 cm³/mol. The molecule has 7 nitrogen and oxygen atoms in total. The molecule has 0 aliphatic rings. The highest BCUT2D eigenvalue weighted by Gasteiger charge is 2.33. The van der Waals surface area contributed by atoms with Crippen LogP contribution in [-0.4, -0.2) is 58.9 Å². The molecule has 10 heteroatoms. The molecule has 1 amide bonds. The zero-order valence-electron chi connectivity index (χ0n) is 17.3. The van der Waals surface area contributed by atoms with E-state index >= 15 is 0 Å². The number of carbonyl (C=O) groups is 1. The quantitative estimate of drug-likeness (QED) is 0.699. The van der Waals surface area contributed by atoms with E-state index in [0.29, 0.717) is 18.2 Å². The van der Waals surface area contributed by atoms with E-state index in [4.69, 9.17) is 0 Å². The van der Waals surface area contributed by atoms with Crippen LogP contribution >= 0.6 is 0 Å². The summed E-state index contributed by atoms with van der Waals surface area (Å²) >= 11 is 0. The Morgan fingerprint density at radius 2 is 1.83 bits per heavy atom. The lowest BCUT2D eigenvalue weighted by Gasteiger charge is -2.26. The lowest BCUT2D eigenvalue weighted by atomic mass is 10.1. The second-order valence-electron chi connectivity index (χ2n) is 7.15. The topological polar surface area (TPSA) is 78.8 Å². The van der Waals surface area contributed by atoms with Crippen LogP contribution in [0.25, 0.3) is 0 Å². The molecule has 2 rings (SSSR count). The first kappa shape index (κ1) is 23.4. The fourth-order valence-corrected chi connectivity index (χ4v) is 2.67. The Labute approximate surface area is 173 Å². The Kier molecular flexibility index (Phi) is 7.25. The molecule has 30 heavy (non-hydrogen) atoms. The minimum Gasteiger partial charge on any atom is -0.405 e. The molecule has 1 heterocycles. The molecule has 0 atom stereocenters. The Morgan fingerprint density at radius 1 is 1.17 bits per heavy atom. The average molecular weight is 426 g/mol. The standard InChI is InChI=1S/C20H25F3N4O3/c1-5-27(17(28)14-8-6-7-9-15(14)30-20(21,22)23)13-12-26(4)18-24-11-10-16(25-18)19(2,3)29/h6-11,29H,5,12-13H2,1-4H3. The monoisotopic (exact) mass is 426 g/mol. The van der Waals surface area contributed by atoms with Crippen molar-refractivity contribution in [3.05, 3.63) is 47.8 Å². The van der Waals surface area contributed by atoms with Crippen molar-refractivity contribution in [2.24, 2.45) is 0 Å². The van der Waals surface area contributed by atoms with E-state index in [1.165, 1.54) is 29.3 Å². The van der Waals surface area contributed by atoms with Gasteiger partial charge in [0, 0.05) is 32.9 Å². The summed E-state index contributed by atoms with van der Waals surface area (Å²) in [5.74, 6) is -0.751. The van der Waals surface area contributed by atoms with E-state index in [2.05, 4.69) is 14.7 Å². The highest BCUT2D eigenvalue weighted by atomic mass is 19.4. The molecular weight excluding hydrogens is 401 g/mol. The van der Waals surface area contributed by atoms with Crippen molar-refractivity contribution in [2.45, 2.75) is 32.7 Å². The van der Waals surface area contributed by atoms with E-state index in [9.17, 15) is 23.1 Å². The molecule has 0 radical (unpaired) electrons. The fourth-order valence-electron chi connectivity index (χ4n) is 2.67. The molecule has 0 aliphatic heterocycles. The van der Waals surface area contributed by atoms with Crippen molar-refractivity contribution in [3.8, 4) is 5.75 Å². The fraction of sp³-hybridized carbons (Fsp3) is 0.450. The van der Waals surface area contributed by atoms with Crippen LogP contribution in [0, 0.1) is 0 Å². The van der Waals surface area contributed by atoms with E-state index in [-0.39, 0.29) is 18.7 Å². The first-order chi connectivity index (χ1) is 13.9. The number of halogens is 3. The van der Waals surface area contributed by atoms with Gasteiger partial charge in [0.15, 0.2) is 0 Å². The van der Waals surface area contributed by atoms with Gasteiger partial charge in [-0.25, -0.2) is 9.97 Å². The zero-order valence-corrected chi connectivity index (χ0v) is 17.3. The maximum Gasteiger partial charge on any atom is 0.573 e. The zero-order chi connectivity index (χ0) is 22.5. The third-order valence-corrected chi connectivity index (χ3v) is 4.33. The lowest BCUT2D eigenvalue weighted by Crippen LogP contribution is -2.38. The van der Waals surface area contributed by atoms with Gasteiger partial charge in [-0.2, -0.15) is 0 Å². The minimum atomic E-state index is -4.89. The summed E-state index contributed by atoms with van der Waals surface area (Å²) in [5, 5.41) is 10.1. The lowest BCUT2D eigenvalue weighted by molar-refractivity contribution is -0.274. The number of rotatable bonds is 8. The van der Waals surface area contributed by atoms with Crippen molar-refractivity contribution < 1.29 is 27.8 Å². The predicted octanol–water partition coefficient (Wildman–Crippen LogP) is 3.20. The van der Waals surface area contributed by atoms with Crippen LogP contribution in [0.5, 0.6) is 5.75 Å². The molecule has 0 aliphatic carbocycles. The van der Waals surface area contributed by atoms with Crippen molar-refractivity contribution in [2.75, 3.05) is 31.6 Å². The summed E-state index contributed by atoms with van der Waals surface area (Å²) in [5.41, 5.74) is -0.854. The number of nitrogens with zero attached hydrogens (tertiary/aromatic N) is 4. The Bertz CT molecular complexity index is 869. The average Bonchev–Trinajstić information content (AvgIpc) is 2.66. The number of alkyl halides is 3. The molecule has 0 spiro atoms. The number of aromatic nitrogens is 2. The number of benzene rings is 1. The van der Waals surface area contributed by atoms with E-state index < -0.39 is 23.6 Å². The normalized spacial score (nSPS) is 11.9. The number of hydrogen-bond donors (Lipinski definition) is 1. The first-order valence-electron chi connectivity index (χ1n) is 9.33. The number of para-hydroxylation sites is 1. The maximum atomic E-state index is 12.8. The van der Waals surface area contributed by atoms with Gasteiger partial charge in [-0.1, -0.05) is 12.1 Å².